The Kier molecular flexibility index (Phi) is 8.01. The molecule has 0 heterocycles. The molecule has 1 atom stereocenters. The molecule has 0 aliphatic carbocycles. The monoisotopic (exact) mass is 242 g/mol. The summed E-state index contributed by atoms with van der Waals surface area (Å²) in [6.07, 6.45) is 3.38. The van der Waals surface area contributed by atoms with Crippen LogP contribution in [0, 0.1) is 17.7 Å². The molecule has 0 saturated carbocycles. The number of unbranched alkanes of at least 4 members (excludes halogenated alkanes) is 1. The molecular weight excluding hydrogens is 222 g/mol. The van der Waals surface area contributed by atoms with Gasteiger partial charge in [-0.05, 0) is 12.8 Å². The van der Waals surface area contributed by atoms with Crippen molar-refractivity contribution in [3.05, 3.63) is 6.42 Å². The molecule has 5 heteroatoms. The molecule has 17 heavy (non-hydrogen) atoms. The van der Waals surface area contributed by atoms with Crippen molar-refractivity contribution in [3.63, 3.8) is 0 Å². The molecule has 0 aromatic rings. The van der Waals surface area contributed by atoms with Gasteiger partial charge in [0, 0.05) is 12.1 Å². The van der Waals surface area contributed by atoms with E-state index in [1.165, 1.54) is 13.3 Å². The first-order valence-corrected chi connectivity index (χ1v) is 5.76. The fraction of sp³-hybridized carbons (Fsp3) is 0.667. The molecule has 0 rings (SSSR count). The molecule has 0 aliphatic heterocycles. The van der Waals surface area contributed by atoms with Gasteiger partial charge in [0.25, 0.3) is 0 Å². The summed E-state index contributed by atoms with van der Waals surface area (Å²) in [6, 6.07) is 0. The van der Waals surface area contributed by atoms with Crippen LogP contribution in [0.1, 0.15) is 39.5 Å². The van der Waals surface area contributed by atoms with Crippen LogP contribution in [0.3, 0.4) is 0 Å². The fourth-order valence-electron chi connectivity index (χ4n) is 1.10. The quantitative estimate of drug-likeness (QED) is 0.368. The number of carboxylic acids is 1. The van der Waals surface area contributed by atoms with Crippen molar-refractivity contribution in [2.45, 2.75) is 39.5 Å². The number of carboxylic acid groups (broad SMARTS) is 1. The van der Waals surface area contributed by atoms with Gasteiger partial charge in [-0.1, -0.05) is 20.3 Å². The predicted molar refractivity (Wildman–Crippen MR) is 63.9 cm³/mol. The number of aliphatic carboxylic acids is 1. The number of esters is 1. The average molecular weight is 242 g/mol. The number of hydrogen-bond donors (Lipinski definition) is 2. The first kappa shape index (κ1) is 15.6. The lowest BCUT2D eigenvalue weighted by molar-refractivity contribution is -0.143. The summed E-state index contributed by atoms with van der Waals surface area (Å²) in [5.41, 5.74) is 0.160. The van der Waals surface area contributed by atoms with Crippen LogP contribution in [0.4, 0.5) is 0 Å². The van der Waals surface area contributed by atoms with Crippen molar-refractivity contribution < 1.29 is 19.4 Å². The Morgan fingerprint density at radius 1 is 1.47 bits per heavy atom. The summed E-state index contributed by atoms with van der Waals surface area (Å²) < 4.78 is 4.90. The Morgan fingerprint density at radius 3 is 2.65 bits per heavy atom. The summed E-state index contributed by atoms with van der Waals surface area (Å²) in [4.78, 5) is 21.7. The van der Waals surface area contributed by atoms with Crippen LogP contribution in [0.2, 0.25) is 0 Å². The third kappa shape index (κ3) is 8.42. The Balaban J connectivity index is 3.69. The van der Waals surface area contributed by atoms with E-state index in [1.807, 2.05) is 6.92 Å². The molecule has 1 radical (unpaired) electrons. The number of hydrogen-bond acceptors (Lipinski definition) is 4. The zero-order valence-corrected chi connectivity index (χ0v) is 10.4. The minimum absolute atomic E-state index is 0.0366. The van der Waals surface area contributed by atoms with E-state index in [1.54, 1.807) is 0 Å². The first-order chi connectivity index (χ1) is 7.97. The van der Waals surface area contributed by atoms with E-state index in [9.17, 15) is 9.59 Å². The molecule has 0 aliphatic rings. The zero-order chi connectivity index (χ0) is 13.3. The number of rotatable bonds is 9. The molecular formula is C12H20NO4. The van der Waals surface area contributed by atoms with Crippen molar-refractivity contribution >= 4 is 17.7 Å². The van der Waals surface area contributed by atoms with E-state index in [4.69, 9.17) is 15.3 Å². The molecule has 0 saturated heterocycles. The van der Waals surface area contributed by atoms with Crippen molar-refractivity contribution in [1.82, 2.24) is 0 Å². The Hall–Kier alpha value is -1.39. The standard InChI is InChI=1S/C12H20NO4/c1-3-4-7-17-11(14)6-5-10(13)8-9(2)12(15)16/h5,9,13H,3-4,6-8H2,1-2H3,(H,15,16). The van der Waals surface area contributed by atoms with Crippen molar-refractivity contribution in [3.8, 4) is 0 Å². The van der Waals surface area contributed by atoms with Crippen LogP contribution in [-0.4, -0.2) is 29.4 Å². The third-order valence-electron chi connectivity index (χ3n) is 2.22. The largest absolute Gasteiger partial charge is 0.481 e. The number of nitrogens with one attached hydrogen (secondary N) is 1. The van der Waals surface area contributed by atoms with Crippen LogP contribution in [0.5, 0.6) is 0 Å². The summed E-state index contributed by atoms with van der Waals surface area (Å²) >= 11 is 0. The number of carbonyl (C=O) groups excluding carboxylic acids is 1. The minimum atomic E-state index is -0.936. The highest BCUT2D eigenvalue weighted by molar-refractivity contribution is 5.95. The summed E-state index contributed by atoms with van der Waals surface area (Å²) in [5.74, 6) is -1.91. The van der Waals surface area contributed by atoms with E-state index in [0.717, 1.165) is 12.8 Å². The van der Waals surface area contributed by atoms with Crippen LogP contribution in [-0.2, 0) is 14.3 Å². The predicted octanol–water partition coefficient (Wildman–Crippen LogP) is 2.05. The van der Waals surface area contributed by atoms with Gasteiger partial charge in [0.05, 0.1) is 18.9 Å². The second kappa shape index (κ2) is 8.73. The number of carbonyl (C=O) groups is 2. The normalized spacial score (nSPS) is 11.9. The molecule has 0 spiro atoms. The van der Waals surface area contributed by atoms with E-state index in [-0.39, 0.29) is 24.5 Å². The van der Waals surface area contributed by atoms with Gasteiger partial charge in [0.15, 0.2) is 0 Å². The highest BCUT2D eigenvalue weighted by atomic mass is 16.5. The number of ether oxygens (including phenoxy) is 1. The second-order valence-electron chi connectivity index (χ2n) is 3.95. The third-order valence-corrected chi connectivity index (χ3v) is 2.22. The zero-order valence-electron chi connectivity index (χ0n) is 10.4. The van der Waals surface area contributed by atoms with Crippen LogP contribution < -0.4 is 0 Å². The van der Waals surface area contributed by atoms with Crippen LogP contribution >= 0.6 is 0 Å². The highest BCUT2D eigenvalue weighted by Gasteiger charge is 2.14. The summed E-state index contributed by atoms with van der Waals surface area (Å²) in [5, 5.41) is 16.1. The summed E-state index contributed by atoms with van der Waals surface area (Å²) in [6.45, 7) is 3.94. The van der Waals surface area contributed by atoms with Crippen molar-refractivity contribution in [1.29, 1.82) is 5.41 Å². The SMILES string of the molecule is CCCCOC(=O)C[CH]C(=N)CC(C)C(=O)O. The second-order valence-corrected chi connectivity index (χ2v) is 3.95. The maximum Gasteiger partial charge on any atom is 0.306 e. The Labute approximate surface area is 102 Å². The Morgan fingerprint density at radius 2 is 2.12 bits per heavy atom. The lowest BCUT2D eigenvalue weighted by Gasteiger charge is -2.07. The van der Waals surface area contributed by atoms with E-state index < -0.39 is 11.9 Å². The van der Waals surface area contributed by atoms with Gasteiger partial charge >= 0.3 is 11.9 Å². The lowest BCUT2D eigenvalue weighted by atomic mass is 10.0. The molecule has 5 nitrogen and oxygen atoms in total. The maximum absolute atomic E-state index is 11.2. The molecule has 2 N–H and O–H groups in total. The van der Waals surface area contributed by atoms with Gasteiger partial charge < -0.3 is 15.3 Å². The minimum Gasteiger partial charge on any atom is -0.481 e. The molecule has 0 amide bonds. The highest BCUT2D eigenvalue weighted by Crippen LogP contribution is 2.06. The Bertz CT molecular complexity index is 276. The molecule has 1 unspecified atom stereocenters. The van der Waals surface area contributed by atoms with Gasteiger partial charge in [0.2, 0.25) is 0 Å². The average Bonchev–Trinajstić information content (AvgIpc) is 2.26. The molecule has 0 fully saturated rings. The summed E-state index contributed by atoms with van der Waals surface area (Å²) in [7, 11) is 0. The van der Waals surface area contributed by atoms with Crippen molar-refractivity contribution in [2.24, 2.45) is 5.92 Å². The first-order valence-electron chi connectivity index (χ1n) is 5.76. The van der Waals surface area contributed by atoms with Gasteiger partial charge in [-0.2, -0.15) is 0 Å². The van der Waals surface area contributed by atoms with Gasteiger partial charge in [-0.25, -0.2) is 0 Å². The van der Waals surface area contributed by atoms with Gasteiger partial charge in [-0.15, -0.1) is 0 Å². The lowest BCUT2D eigenvalue weighted by Crippen LogP contribution is -2.16. The van der Waals surface area contributed by atoms with E-state index in [2.05, 4.69) is 0 Å². The van der Waals surface area contributed by atoms with Gasteiger partial charge in [0.1, 0.15) is 0 Å². The maximum atomic E-state index is 11.2. The fourth-order valence-corrected chi connectivity index (χ4v) is 1.10. The van der Waals surface area contributed by atoms with E-state index in [0.29, 0.717) is 6.61 Å². The smallest absolute Gasteiger partial charge is 0.306 e. The molecule has 0 aromatic heterocycles. The van der Waals surface area contributed by atoms with Gasteiger partial charge in [-0.3, -0.25) is 9.59 Å². The topological polar surface area (TPSA) is 87.5 Å². The van der Waals surface area contributed by atoms with E-state index >= 15 is 0 Å². The molecule has 0 bridgehead atoms. The molecule has 97 valence electrons. The molecule has 0 aromatic carbocycles. The van der Waals surface area contributed by atoms with Crippen LogP contribution in [0.25, 0.3) is 0 Å². The van der Waals surface area contributed by atoms with Crippen LogP contribution in [0.15, 0.2) is 0 Å². The van der Waals surface area contributed by atoms with Crippen molar-refractivity contribution in [2.75, 3.05) is 6.61 Å².